The summed E-state index contributed by atoms with van der Waals surface area (Å²) in [7, 11) is 0. The van der Waals surface area contributed by atoms with E-state index < -0.39 is 0 Å². The molecular weight excluding hydrogens is 274 g/mol. The molecule has 0 spiro atoms. The predicted octanol–water partition coefficient (Wildman–Crippen LogP) is 3.83. The lowest BCUT2D eigenvalue weighted by Crippen LogP contribution is -2.30. The van der Waals surface area contributed by atoms with Crippen LogP contribution in [0.4, 0.5) is 11.4 Å². The second kappa shape index (κ2) is 7.50. The Balaban J connectivity index is 2.10. The molecule has 1 amide bonds. The zero-order valence-corrected chi connectivity index (χ0v) is 13.3. The molecule has 0 unspecified atom stereocenters. The molecule has 0 aliphatic heterocycles. The Labute approximate surface area is 131 Å². The summed E-state index contributed by atoms with van der Waals surface area (Å²) >= 11 is 0. The van der Waals surface area contributed by atoms with Crippen LogP contribution in [0.5, 0.6) is 0 Å². The van der Waals surface area contributed by atoms with E-state index in [-0.39, 0.29) is 11.9 Å². The highest BCUT2D eigenvalue weighted by Crippen LogP contribution is 2.17. The Morgan fingerprint density at radius 2 is 1.68 bits per heavy atom. The van der Waals surface area contributed by atoms with E-state index in [1.807, 2.05) is 62.4 Å². The van der Waals surface area contributed by atoms with E-state index in [9.17, 15) is 4.79 Å². The Morgan fingerprint density at radius 3 is 2.32 bits per heavy atom. The van der Waals surface area contributed by atoms with E-state index in [0.29, 0.717) is 0 Å². The molecule has 0 radical (unpaired) electrons. The number of nitrogens with one attached hydrogen (secondary N) is 3. The van der Waals surface area contributed by atoms with Crippen LogP contribution in [0.3, 0.4) is 0 Å². The van der Waals surface area contributed by atoms with E-state index >= 15 is 0 Å². The molecule has 116 valence electrons. The Morgan fingerprint density at radius 1 is 1.00 bits per heavy atom. The number of benzene rings is 2. The van der Waals surface area contributed by atoms with Crippen LogP contribution in [0.15, 0.2) is 48.5 Å². The summed E-state index contributed by atoms with van der Waals surface area (Å²) in [5.41, 5.74) is 9.99. The minimum absolute atomic E-state index is 0.0191. The van der Waals surface area contributed by atoms with Gasteiger partial charge in [0.25, 0.3) is 5.91 Å². The van der Waals surface area contributed by atoms with Gasteiger partial charge in [0.1, 0.15) is 0 Å². The van der Waals surface area contributed by atoms with Gasteiger partial charge in [0.05, 0.1) is 11.4 Å². The summed E-state index contributed by atoms with van der Waals surface area (Å²) in [6.07, 6.45) is 0.807. The van der Waals surface area contributed by atoms with Gasteiger partial charge in [0.2, 0.25) is 0 Å². The summed E-state index contributed by atoms with van der Waals surface area (Å²) in [5, 5.41) is 2.94. The fourth-order valence-electron chi connectivity index (χ4n) is 2.19. The highest BCUT2D eigenvalue weighted by molar-refractivity contribution is 5.96. The van der Waals surface area contributed by atoms with Gasteiger partial charge in [-0.15, -0.1) is 0 Å². The minimum Gasteiger partial charge on any atom is -0.350 e. The molecule has 0 saturated carbocycles. The molecule has 0 aliphatic rings. The number of rotatable bonds is 6. The summed E-state index contributed by atoms with van der Waals surface area (Å²) in [4.78, 5) is 12.2. The maximum absolute atomic E-state index is 12.2. The van der Waals surface area contributed by atoms with Crippen molar-refractivity contribution < 1.29 is 4.79 Å². The summed E-state index contributed by atoms with van der Waals surface area (Å²) < 4.78 is 0. The fraction of sp³-hybridized carbons (Fsp3) is 0.278. The Hall–Kier alpha value is -2.49. The second-order valence-electron chi connectivity index (χ2n) is 5.47. The highest BCUT2D eigenvalue weighted by atomic mass is 16.1. The molecule has 3 N–H and O–H groups in total. The lowest BCUT2D eigenvalue weighted by molar-refractivity contribution is 0.0942. The van der Waals surface area contributed by atoms with Crippen molar-refractivity contribution in [3.63, 3.8) is 0 Å². The van der Waals surface area contributed by atoms with Crippen molar-refractivity contribution in [2.24, 2.45) is 0 Å². The maximum atomic E-state index is 12.2. The standard InChI is InChI=1S/C18H23N3O/c1-4-14-12-16(21-20-15-8-6-5-7-9-15)10-11-17(14)18(22)19-13(2)3/h5-13,20-21H,4H2,1-3H3,(H,19,22). The number of hydrazine groups is 1. The first-order valence-electron chi connectivity index (χ1n) is 7.61. The highest BCUT2D eigenvalue weighted by Gasteiger charge is 2.11. The number of hydrogen-bond donors (Lipinski definition) is 3. The molecular formula is C18H23N3O. The molecule has 2 aromatic carbocycles. The van der Waals surface area contributed by atoms with Gasteiger partial charge in [-0.2, -0.15) is 0 Å². The topological polar surface area (TPSA) is 53.2 Å². The molecule has 4 heteroatoms. The summed E-state index contributed by atoms with van der Waals surface area (Å²) in [6.45, 7) is 5.97. The van der Waals surface area contributed by atoms with Gasteiger partial charge in [-0.1, -0.05) is 25.1 Å². The molecule has 0 bridgehead atoms. The van der Waals surface area contributed by atoms with Crippen molar-refractivity contribution in [2.45, 2.75) is 33.2 Å². The van der Waals surface area contributed by atoms with Crippen LogP contribution in [0.2, 0.25) is 0 Å². The van der Waals surface area contributed by atoms with Crippen LogP contribution in [0, 0.1) is 0 Å². The average molecular weight is 297 g/mol. The van der Waals surface area contributed by atoms with Crippen molar-refractivity contribution in [1.29, 1.82) is 0 Å². The molecule has 2 aromatic rings. The number of para-hydroxylation sites is 1. The quantitative estimate of drug-likeness (QED) is 0.710. The van der Waals surface area contributed by atoms with E-state index in [1.165, 1.54) is 0 Å². The van der Waals surface area contributed by atoms with Crippen molar-refractivity contribution in [3.8, 4) is 0 Å². The zero-order valence-electron chi connectivity index (χ0n) is 13.3. The smallest absolute Gasteiger partial charge is 0.251 e. The third-order valence-corrected chi connectivity index (χ3v) is 3.28. The molecule has 0 heterocycles. The molecule has 0 saturated heterocycles. The van der Waals surface area contributed by atoms with E-state index in [4.69, 9.17) is 0 Å². The second-order valence-corrected chi connectivity index (χ2v) is 5.47. The lowest BCUT2D eigenvalue weighted by atomic mass is 10.0. The van der Waals surface area contributed by atoms with Gasteiger partial charge in [0.15, 0.2) is 0 Å². The van der Waals surface area contributed by atoms with Gasteiger partial charge in [-0.05, 0) is 56.2 Å². The van der Waals surface area contributed by atoms with Gasteiger partial charge >= 0.3 is 0 Å². The van der Waals surface area contributed by atoms with E-state index in [1.54, 1.807) is 0 Å². The first kappa shape index (κ1) is 15.9. The maximum Gasteiger partial charge on any atom is 0.251 e. The van der Waals surface area contributed by atoms with Crippen LogP contribution in [-0.2, 0) is 6.42 Å². The fourth-order valence-corrected chi connectivity index (χ4v) is 2.19. The van der Waals surface area contributed by atoms with Crippen molar-refractivity contribution >= 4 is 17.3 Å². The number of anilines is 2. The Bertz CT molecular complexity index is 623. The van der Waals surface area contributed by atoms with E-state index in [2.05, 4.69) is 23.1 Å². The van der Waals surface area contributed by atoms with Gasteiger partial charge < -0.3 is 16.2 Å². The number of carbonyl (C=O) groups excluding carboxylic acids is 1. The first-order chi connectivity index (χ1) is 10.6. The predicted molar refractivity (Wildman–Crippen MR) is 92.1 cm³/mol. The van der Waals surface area contributed by atoms with Gasteiger partial charge in [-0.25, -0.2) is 0 Å². The third-order valence-electron chi connectivity index (χ3n) is 3.28. The van der Waals surface area contributed by atoms with E-state index in [0.717, 1.165) is 28.9 Å². The minimum atomic E-state index is -0.0191. The van der Waals surface area contributed by atoms with Crippen molar-refractivity contribution in [3.05, 3.63) is 59.7 Å². The number of amides is 1. The van der Waals surface area contributed by atoms with Crippen molar-refractivity contribution in [2.75, 3.05) is 10.9 Å². The number of carbonyl (C=O) groups is 1. The molecule has 0 atom stereocenters. The van der Waals surface area contributed by atoms with Crippen LogP contribution in [0.1, 0.15) is 36.7 Å². The number of aryl methyl sites for hydroxylation is 1. The van der Waals surface area contributed by atoms with Crippen LogP contribution in [0.25, 0.3) is 0 Å². The third kappa shape index (κ3) is 4.25. The lowest BCUT2D eigenvalue weighted by Gasteiger charge is -2.14. The molecule has 0 fully saturated rings. The SMILES string of the molecule is CCc1cc(NNc2ccccc2)ccc1C(=O)NC(C)C. The molecule has 0 aliphatic carbocycles. The van der Waals surface area contributed by atoms with Crippen molar-refractivity contribution in [1.82, 2.24) is 5.32 Å². The van der Waals surface area contributed by atoms with Crippen LogP contribution < -0.4 is 16.2 Å². The normalized spacial score (nSPS) is 10.4. The molecule has 0 aromatic heterocycles. The van der Waals surface area contributed by atoms with Crippen LogP contribution >= 0.6 is 0 Å². The molecule has 22 heavy (non-hydrogen) atoms. The zero-order chi connectivity index (χ0) is 15.9. The summed E-state index contributed by atoms with van der Waals surface area (Å²) in [6, 6.07) is 15.8. The summed E-state index contributed by atoms with van der Waals surface area (Å²) in [5.74, 6) is -0.0191. The van der Waals surface area contributed by atoms with Crippen LogP contribution in [-0.4, -0.2) is 11.9 Å². The first-order valence-corrected chi connectivity index (χ1v) is 7.61. The molecule has 4 nitrogen and oxygen atoms in total. The average Bonchev–Trinajstić information content (AvgIpc) is 2.53. The molecule has 2 rings (SSSR count). The monoisotopic (exact) mass is 297 g/mol. The van der Waals surface area contributed by atoms with Gasteiger partial charge in [-0.3, -0.25) is 4.79 Å². The Kier molecular flexibility index (Phi) is 5.42. The van der Waals surface area contributed by atoms with Gasteiger partial charge in [0, 0.05) is 11.6 Å². The largest absolute Gasteiger partial charge is 0.350 e. The number of hydrogen-bond acceptors (Lipinski definition) is 3.